The molecule has 1 N–H and O–H groups in total. The molecule has 150 valence electrons. The van der Waals surface area contributed by atoms with Crippen LogP contribution in [-0.2, 0) is 0 Å². The molecule has 0 bridgehead atoms. The van der Waals surface area contributed by atoms with E-state index in [4.69, 9.17) is 4.74 Å². The summed E-state index contributed by atoms with van der Waals surface area (Å²) in [4.78, 5) is 26.3. The number of carbonyl (C=O) groups is 1. The number of amides is 1. The number of nitro groups is 1. The van der Waals surface area contributed by atoms with Crippen molar-refractivity contribution in [2.24, 2.45) is 11.3 Å². The number of rotatable bonds is 4. The lowest BCUT2D eigenvalue weighted by Gasteiger charge is -2.59. The summed E-state index contributed by atoms with van der Waals surface area (Å²) in [7, 11) is 1.40. The van der Waals surface area contributed by atoms with Crippen LogP contribution in [-0.4, -0.2) is 53.3 Å². The molecule has 0 spiro atoms. The molecule has 1 amide bonds. The first-order valence-electron chi connectivity index (χ1n) is 9.03. The number of piperazine rings is 1. The number of benzene rings is 1. The summed E-state index contributed by atoms with van der Waals surface area (Å²) in [6.45, 7) is 11.6. The van der Waals surface area contributed by atoms with E-state index in [1.807, 2.05) is 13.8 Å². The Morgan fingerprint density at radius 2 is 1.96 bits per heavy atom. The summed E-state index contributed by atoms with van der Waals surface area (Å²) in [5.41, 5.74) is -0.206. The molecule has 1 heterocycles. The van der Waals surface area contributed by atoms with Crippen molar-refractivity contribution >= 4 is 17.5 Å². The van der Waals surface area contributed by atoms with Crippen LogP contribution in [0.5, 0.6) is 5.75 Å². The largest absolute Gasteiger partial charge is 0.490 e. The van der Waals surface area contributed by atoms with Gasteiger partial charge in [0, 0.05) is 37.5 Å². The lowest BCUT2D eigenvalue weighted by Crippen LogP contribution is -2.71. The molecule has 1 fully saturated rings. The molecular formula is C19H29N3O5. The second-order valence-electron chi connectivity index (χ2n) is 8.30. The van der Waals surface area contributed by atoms with Gasteiger partial charge < -0.3 is 14.7 Å². The van der Waals surface area contributed by atoms with E-state index in [0.717, 1.165) is 5.69 Å². The highest BCUT2D eigenvalue weighted by molar-refractivity contribution is 5.68. The molecule has 2 rings (SSSR count). The summed E-state index contributed by atoms with van der Waals surface area (Å²) in [6.07, 6.45) is -0.917. The molecular weight excluding hydrogens is 350 g/mol. The highest BCUT2D eigenvalue weighted by Crippen LogP contribution is 2.45. The van der Waals surface area contributed by atoms with Gasteiger partial charge >= 0.3 is 11.8 Å². The number of hydrogen-bond acceptors (Lipinski definition) is 5. The van der Waals surface area contributed by atoms with Gasteiger partial charge in [0.25, 0.3) is 0 Å². The zero-order valence-electron chi connectivity index (χ0n) is 16.9. The minimum atomic E-state index is -0.917. The molecule has 0 radical (unpaired) electrons. The smallest absolute Gasteiger partial charge is 0.407 e. The number of nitrogens with zero attached hydrogens (tertiary/aromatic N) is 3. The van der Waals surface area contributed by atoms with Crippen molar-refractivity contribution < 1.29 is 19.6 Å². The third kappa shape index (κ3) is 3.52. The van der Waals surface area contributed by atoms with Crippen molar-refractivity contribution in [3.63, 3.8) is 0 Å². The molecule has 1 aromatic carbocycles. The van der Waals surface area contributed by atoms with E-state index in [-0.39, 0.29) is 22.8 Å². The van der Waals surface area contributed by atoms with Crippen molar-refractivity contribution in [1.29, 1.82) is 0 Å². The topological polar surface area (TPSA) is 96.2 Å². The average molecular weight is 379 g/mol. The van der Waals surface area contributed by atoms with Crippen LogP contribution >= 0.6 is 0 Å². The number of anilines is 1. The lowest BCUT2D eigenvalue weighted by atomic mass is 9.64. The van der Waals surface area contributed by atoms with E-state index in [1.165, 1.54) is 13.2 Å². The van der Waals surface area contributed by atoms with E-state index < -0.39 is 16.6 Å². The van der Waals surface area contributed by atoms with E-state index >= 15 is 0 Å². The highest BCUT2D eigenvalue weighted by Gasteiger charge is 2.54. The molecule has 0 unspecified atom stereocenters. The highest BCUT2D eigenvalue weighted by atomic mass is 16.6. The molecule has 0 saturated carbocycles. The average Bonchev–Trinajstić information content (AvgIpc) is 2.59. The Labute approximate surface area is 159 Å². The second-order valence-corrected chi connectivity index (χ2v) is 8.30. The molecule has 1 aliphatic heterocycles. The molecule has 1 aliphatic rings. The molecule has 1 atom stereocenters. The predicted molar refractivity (Wildman–Crippen MR) is 104 cm³/mol. The normalized spacial score (nSPS) is 20.7. The minimum Gasteiger partial charge on any atom is -0.490 e. The Hall–Kier alpha value is -2.51. The van der Waals surface area contributed by atoms with E-state index in [2.05, 4.69) is 25.7 Å². The van der Waals surface area contributed by atoms with Crippen molar-refractivity contribution in [3.05, 3.63) is 28.3 Å². The van der Waals surface area contributed by atoms with E-state index in [1.54, 1.807) is 17.0 Å². The van der Waals surface area contributed by atoms with Gasteiger partial charge in [0.15, 0.2) is 5.75 Å². The van der Waals surface area contributed by atoms with Gasteiger partial charge in [-0.15, -0.1) is 0 Å². The molecule has 8 heteroatoms. The standard InChI is InChI=1S/C19H29N3O5/c1-13(2)19(18(3,4)5)12-20(9-10-21(19)17(23)24)14-7-8-15(22(25)26)16(11-14)27-6/h7-8,11,13H,9-10,12H2,1-6H3,(H,23,24)/t19-/m0/s1. The van der Waals surface area contributed by atoms with Crippen LogP contribution in [0.15, 0.2) is 18.2 Å². The third-order valence-electron chi connectivity index (χ3n) is 5.72. The fourth-order valence-electron chi connectivity index (χ4n) is 4.38. The van der Waals surface area contributed by atoms with Gasteiger partial charge in [-0.2, -0.15) is 0 Å². The first kappa shape index (κ1) is 20.8. The Kier molecular flexibility index (Phi) is 5.58. The lowest BCUT2D eigenvalue weighted by molar-refractivity contribution is -0.385. The maximum Gasteiger partial charge on any atom is 0.407 e. The van der Waals surface area contributed by atoms with Crippen LogP contribution < -0.4 is 9.64 Å². The Morgan fingerprint density at radius 3 is 2.41 bits per heavy atom. The first-order chi connectivity index (χ1) is 12.5. The summed E-state index contributed by atoms with van der Waals surface area (Å²) in [5, 5.41) is 21.0. The number of nitro benzene ring substituents is 1. The van der Waals surface area contributed by atoms with Gasteiger partial charge in [-0.25, -0.2) is 4.79 Å². The molecule has 8 nitrogen and oxygen atoms in total. The van der Waals surface area contributed by atoms with Crippen LogP contribution in [0.3, 0.4) is 0 Å². The quantitative estimate of drug-likeness (QED) is 0.631. The van der Waals surface area contributed by atoms with E-state index in [9.17, 15) is 20.0 Å². The van der Waals surface area contributed by atoms with E-state index in [0.29, 0.717) is 19.6 Å². The summed E-state index contributed by atoms with van der Waals surface area (Å²) in [6, 6.07) is 4.79. The summed E-state index contributed by atoms with van der Waals surface area (Å²) < 4.78 is 5.19. The first-order valence-corrected chi connectivity index (χ1v) is 9.03. The van der Waals surface area contributed by atoms with Crippen LogP contribution in [0.4, 0.5) is 16.2 Å². The number of carboxylic acid groups (broad SMARTS) is 1. The molecule has 27 heavy (non-hydrogen) atoms. The Balaban J connectivity index is 2.50. The van der Waals surface area contributed by atoms with Gasteiger partial charge in [0.05, 0.1) is 17.6 Å². The molecule has 0 aliphatic carbocycles. The third-order valence-corrected chi connectivity index (χ3v) is 5.72. The van der Waals surface area contributed by atoms with Crippen LogP contribution in [0, 0.1) is 21.4 Å². The maximum absolute atomic E-state index is 12.0. The zero-order valence-corrected chi connectivity index (χ0v) is 16.9. The maximum atomic E-state index is 12.0. The van der Waals surface area contributed by atoms with Gasteiger partial charge in [0.1, 0.15) is 0 Å². The van der Waals surface area contributed by atoms with Crippen molar-refractivity contribution in [2.45, 2.75) is 40.2 Å². The molecule has 0 aromatic heterocycles. The van der Waals surface area contributed by atoms with Crippen LogP contribution in [0.1, 0.15) is 34.6 Å². The van der Waals surface area contributed by atoms with Gasteiger partial charge in [0.2, 0.25) is 0 Å². The Bertz CT molecular complexity index is 729. The number of ether oxygens (including phenoxy) is 1. The second kappa shape index (κ2) is 7.25. The van der Waals surface area contributed by atoms with Crippen LogP contribution in [0.2, 0.25) is 0 Å². The van der Waals surface area contributed by atoms with Crippen molar-refractivity contribution in [3.8, 4) is 5.75 Å². The zero-order chi connectivity index (χ0) is 20.6. The summed E-state index contributed by atoms with van der Waals surface area (Å²) in [5.74, 6) is 0.278. The molecule has 1 aromatic rings. The minimum absolute atomic E-state index is 0.0799. The Morgan fingerprint density at radius 1 is 1.33 bits per heavy atom. The van der Waals surface area contributed by atoms with Gasteiger partial charge in [-0.05, 0) is 17.4 Å². The molecule has 1 saturated heterocycles. The van der Waals surface area contributed by atoms with Crippen molar-refractivity contribution in [1.82, 2.24) is 4.90 Å². The van der Waals surface area contributed by atoms with Gasteiger partial charge in [-0.1, -0.05) is 34.6 Å². The van der Waals surface area contributed by atoms with Crippen molar-refractivity contribution in [2.75, 3.05) is 31.6 Å². The summed E-state index contributed by atoms with van der Waals surface area (Å²) >= 11 is 0. The van der Waals surface area contributed by atoms with Gasteiger partial charge in [-0.3, -0.25) is 15.0 Å². The predicted octanol–water partition coefficient (Wildman–Crippen LogP) is 3.84. The SMILES string of the molecule is COc1cc(N2CCN(C(=O)O)[C@@](C(C)C)(C(C)(C)C)C2)ccc1[N+](=O)[O-]. The monoisotopic (exact) mass is 379 g/mol. The number of hydrogen-bond donors (Lipinski definition) is 1. The fraction of sp³-hybridized carbons (Fsp3) is 0.632. The fourth-order valence-corrected chi connectivity index (χ4v) is 4.38. The number of methoxy groups -OCH3 is 1. The van der Waals surface area contributed by atoms with Crippen LogP contribution in [0.25, 0.3) is 0 Å².